The molecular formula is C15H21FN2O. The van der Waals surface area contributed by atoms with E-state index < -0.39 is 0 Å². The van der Waals surface area contributed by atoms with Crippen molar-refractivity contribution in [3.8, 4) is 5.75 Å². The van der Waals surface area contributed by atoms with E-state index in [1.807, 2.05) is 0 Å². The molecule has 19 heavy (non-hydrogen) atoms. The SMILES string of the molecule is C=CC[C@@H](c1c(F)ccc(C)c1O)N1CCNCC1. The number of benzene rings is 1. The van der Waals surface area contributed by atoms with Crippen LogP contribution in [0.25, 0.3) is 0 Å². The Labute approximate surface area is 113 Å². The van der Waals surface area contributed by atoms with Crippen molar-refractivity contribution in [3.63, 3.8) is 0 Å². The molecule has 3 nitrogen and oxygen atoms in total. The lowest BCUT2D eigenvalue weighted by Crippen LogP contribution is -2.45. The van der Waals surface area contributed by atoms with Gasteiger partial charge in [-0.3, -0.25) is 4.90 Å². The van der Waals surface area contributed by atoms with Crippen molar-refractivity contribution in [1.29, 1.82) is 0 Å². The van der Waals surface area contributed by atoms with Gasteiger partial charge in [0, 0.05) is 37.8 Å². The average molecular weight is 264 g/mol. The third-order valence-electron chi connectivity index (χ3n) is 3.68. The summed E-state index contributed by atoms with van der Waals surface area (Å²) >= 11 is 0. The molecule has 1 saturated heterocycles. The molecule has 2 rings (SSSR count). The molecule has 1 aromatic carbocycles. The van der Waals surface area contributed by atoms with E-state index in [1.54, 1.807) is 19.1 Å². The van der Waals surface area contributed by atoms with Crippen molar-refractivity contribution in [2.75, 3.05) is 26.2 Å². The maximum atomic E-state index is 14.1. The summed E-state index contributed by atoms with van der Waals surface area (Å²) in [6, 6.07) is 2.90. The molecule has 0 saturated carbocycles. The second kappa shape index (κ2) is 6.17. The van der Waals surface area contributed by atoms with Gasteiger partial charge in [-0.05, 0) is 25.0 Å². The summed E-state index contributed by atoms with van der Waals surface area (Å²) in [7, 11) is 0. The maximum absolute atomic E-state index is 14.1. The van der Waals surface area contributed by atoms with Crippen LogP contribution in [-0.2, 0) is 0 Å². The number of hydrogen-bond donors (Lipinski definition) is 2. The molecule has 0 unspecified atom stereocenters. The summed E-state index contributed by atoms with van der Waals surface area (Å²) in [5.74, 6) is -0.265. The molecule has 0 bridgehead atoms. The van der Waals surface area contributed by atoms with E-state index in [0.29, 0.717) is 17.5 Å². The quantitative estimate of drug-likeness (QED) is 0.820. The Morgan fingerprint density at radius 3 is 2.79 bits per heavy atom. The van der Waals surface area contributed by atoms with Gasteiger partial charge in [0.05, 0.1) is 0 Å². The number of rotatable bonds is 4. The zero-order valence-corrected chi connectivity index (χ0v) is 11.3. The average Bonchev–Trinajstić information content (AvgIpc) is 2.43. The molecule has 0 aliphatic carbocycles. The van der Waals surface area contributed by atoms with E-state index in [0.717, 1.165) is 26.2 Å². The lowest BCUT2D eigenvalue weighted by atomic mass is 9.97. The van der Waals surface area contributed by atoms with Gasteiger partial charge in [-0.2, -0.15) is 0 Å². The summed E-state index contributed by atoms with van der Waals surface area (Å²) in [6.07, 6.45) is 2.42. The van der Waals surface area contributed by atoms with Crippen LogP contribution in [-0.4, -0.2) is 36.2 Å². The number of nitrogens with one attached hydrogen (secondary N) is 1. The van der Waals surface area contributed by atoms with E-state index in [4.69, 9.17) is 0 Å². The number of hydrogen-bond acceptors (Lipinski definition) is 3. The molecule has 4 heteroatoms. The van der Waals surface area contributed by atoms with E-state index in [2.05, 4.69) is 16.8 Å². The highest BCUT2D eigenvalue weighted by Crippen LogP contribution is 2.35. The van der Waals surface area contributed by atoms with Gasteiger partial charge in [0.2, 0.25) is 0 Å². The molecule has 1 heterocycles. The van der Waals surface area contributed by atoms with Crippen LogP contribution in [0.3, 0.4) is 0 Å². The summed E-state index contributed by atoms with van der Waals surface area (Å²) in [6.45, 7) is 9.04. The normalized spacial score (nSPS) is 18.2. The fourth-order valence-electron chi connectivity index (χ4n) is 2.61. The standard InChI is InChI=1S/C15H21FN2O/c1-3-4-13(18-9-7-17-8-10-18)14-12(16)6-5-11(2)15(14)19/h3,5-6,13,17,19H,1,4,7-10H2,2H3/t13-/m0/s1. The first-order chi connectivity index (χ1) is 9.15. The van der Waals surface area contributed by atoms with Crippen LogP contribution in [0.2, 0.25) is 0 Å². The molecule has 0 spiro atoms. The Bertz CT molecular complexity index is 456. The van der Waals surface area contributed by atoms with Crippen molar-refractivity contribution in [2.45, 2.75) is 19.4 Å². The molecule has 1 aliphatic rings. The van der Waals surface area contributed by atoms with Gasteiger partial charge >= 0.3 is 0 Å². The highest BCUT2D eigenvalue weighted by molar-refractivity contribution is 5.42. The van der Waals surface area contributed by atoms with Crippen molar-refractivity contribution < 1.29 is 9.50 Å². The van der Waals surface area contributed by atoms with Crippen LogP contribution in [0, 0.1) is 12.7 Å². The molecule has 1 aliphatic heterocycles. The van der Waals surface area contributed by atoms with Gasteiger partial charge in [-0.15, -0.1) is 6.58 Å². The molecule has 104 valence electrons. The summed E-state index contributed by atoms with van der Waals surface area (Å²) in [5.41, 5.74) is 1.11. The van der Waals surface area contributed by atoms with Gasteiger partial charge in [0.15, 0.2) is 0 Å². The molecule has 0 amide bonds. The third-order valence-corrected chi connectivity index (χ3v) is 3.68. The first-order valence-corrected chi connectivity index (χ1v) is 6.68. The molecule has 1 fully saturated rings. The van der Waals surface area contributed by atoms with E-state index in [-0.39, 0.29) is 17.6 Å². The van der Waals surface area contributed by atoms with Crippen LogP contribution in [0.1, 0.15) is 23.6 Å². The van der Waals surface area contributed by atoms with Gasteiger partial charge in [-0.25, -0.2) is 4.39 Å². The zero-order valence-electron chi connectivity index (χ0n) is 11.3. The minimum atomic E-state index is -0.339. The van der Waals surface area contributed by atoms with Crippen LogP contribution in [0.5, 0.6) is 5.75 Å². The second-order valence-electron chi connectivity index (χ2n) is 4.95. The van der Waals surface area contributed by atoms with E-state index in [9.17, 15) is 9.50 Å². The number of piperazine rings is 1. The molecule has 1 aromatic rings. The van der Waals surface area contributed by atoms with Gasteiger partial charge in [0.1, 0.15) is 11.6 Å². The van der Waals surface area contributed by atoms with E-state index >= 15 is 0 Å². The number of nitrogens with zero attached hydrogens (tertiary/aromatic N) is 1. The fourth-order valence-corrected chi connectivity index (χ4v) is 2.61. The summed E-state index contributed by atoms with van der Waals surface area (Å²) in [4.78, 5) is 2.20. The van der Waals surface area contributed by atoms with Crippen LogP contribution in [0.4, 0.5) is 4.39 Å². The Morgan fingerprint density at radius 1 is 1.47 bits per heavy atom. The second-order valence-corrected chi connectivity index (χ2v) is 4.95. The number of halogens is 1. The first-order valence-electron chi connectivity index (χ1n) is 6.68. The Hall–Kier alpha value is -1.39. The van der Waals surface area contributed by atoms with E-state index in [1.165, 1.54) is 6.07 Å². The molecule has 0 radical (unpaired) electrons. The van der Waals surface area contributed by atoms with Gasteiger partial charge in [-0.1, -0.05) is 12.1 Å². The lowest BCUT2D eigenvalue weighted by Gasteiger charge is -2.35. The minimum Gasteiger partial charge on any atom is -0.507 e. The topological polar surface area (TPSA) is 35.5 Å². The fraction of sp³-hybridized carbons (Fsp3) is 0.467. The number of aryl methyl sites for hydroxylation is 1. The Morgan fingerprint density at radius 2 is 2.16 bits per heavy atom. The van der Waals surface area contributed by atoms with Gasteiger partial charge in [0.25, 0.3) is 0 Å². The number of phenolic OH excluding ortho intramolecular Hbond substituents is 1. The predicted molar refractivity (Wildman–Crippen MR) is 74.8 cm³/mol. The van der Waals surface area contributed by atoms with Crippen molar-refractivity contribution in [2.24, 2.45) is 0 Å². The summed E-state index contributed by atoms with van der Waals surface area (Å²) in [5, 5.41) is 13.5. The highest BCUT2D eigenvalue weighted by atomic mass is 19.1. The van der Waals surface area contributed by atoms with Crippen LogP contribution >= 0.6 is 0 Å². The highest BCUT2D eigenvalue weighted by Gasteiger charge is 2.26. The van der Waals surface area contributed by atoms with Crippen molar-refractivity contribution >= 4 is 0 Å². The minimum absolute atomic E-state index is 0.0744. The molecule has 0 aromatic heterocycles. The third kappa shape index (κ3) is 2.96. The largest absolute Gasteiger partial charge is 0.507 e. The Kier molecular flexibility index (Phi) is 4.56. The maximum Gasteiger partial charge on any atom is 0.131 e. The number of phenols is 1. The zero-order chi connectivity index (χ0) is 13.8. The Balaban J connectivity index is 2.37. The monoisotopic (exact) mass is 264 g/mol. The predicted octanol–water partition coefficient (Wildman–Crippen LogP) is 2.36. The van der Waals surface area contributed by atoms with Crippen LogP contribution < -0.4 is 5.32 Å². The van der Waals surface area contributed by atoms with Gasteiger partial charge < -0.3 is 10.4 Å². The molecule has 2 N–H and O–H groups in total. The van der Waals surface area contributed by atoms with Crippen LogP contribution in [0.15, 0.2) is 24.8 Å². The lowest BCUT2D eigenvalue weighted by molar-refractivity contribution is 0.168. The smallest absolute Gasteiger partial charge is 0.131 e. The van der Waals surface area contributed by atoms with Crippen molar-refractivity contribution in [3.05, 3.63) is 41.7 Å². The molecular weight excluding hydrogens is 243 g/mol. The number of aromatic hydroxyl groups is 1. The first kappa shape index (κ1) is 14.0. The summed E-state index contributed by atoms with van der Waals surface area (Å²) < 4.78 is 14.1. The molecule has 1 atom stereocenters. The van der Waals surface area contributed by atoms with Crippen molar-refractivity contribution in [1.82, 2.24) is 10.2 Å².